The molecule has 0 radical (unpaired) electrons. The molecule has 1 saturated heterocycles. The van der Waals surface area contributed by atoms with Crippen LogP contribution in [0.3, 0.4) is 0 Å². The summed E-state index contributed by atoms with van der Waals surface area (Å²) in [6, 6.07) is 3.55. The van der Waals surface area contributed by atoms with Crippen LogP contribution >= 0.6 is 0 Å². The summed E-state index contributed by atoms with van der Waals surface area (Å²) in [6.45, 7) is 0. The van der Waals surface area contributed by atoms with E-state index in [-0.39, 0.29) is 31.6 Å². The van der Waals surface area contributed by atoms with E-state index in [0.29, 0.717) is 5.06 Å². The highest BCUT2D eigenvalue weighted by Crippen LogP contribution is 2.13. The number of hydrogen-bond donors (Lipinski definition) is 0. The number of nitrogens with zero attached hydrogens (tertiary/aromatic N) is 3. The van der Waals surface area contributed by atoms with Crippen molar-refractivity contribution in [3.05, 3.63) is 24.5 Å². The molecule has 0 spiro atoms. The van der Waals surface area contributed by atoms with Crippen LogP contribution in [0.1, 0.15) is 30.5 Å². The Morgan fingerprint density at radius 2 is 1.70 bits per heavy atom. The van der Waals surface area contributed by atoms with Gasteiger partial charge in [0.15, 0.2) is 12.4 Å². The fourth-order valence-electron chi connectivity index (χ4n) is 2.03. The molecule has 2 rings (SSSR count). The first-order valence-corrected chi connectivity index (χ1v) is 7.17. The van der Waals surface area contributed by atoms with Gasteiger partial charge in [0, 0.05) is 44.8 Å². The fourth-order valence-corrected chi connectivity index (χ4v) is 2.03. The maximum absolute atomic E-state index is 12.0. The highest BCUT2D eigenvalue weighted by molar-refractivity contribution is 6.01. The summed E-state index contributed by atoms with van der Waals surface area (Å²) in [5.74, 6) is -2.15. The lowest BCUT2D eigenvalue weighted by molar-refractivity contribution is -0.574. The van der Waals surface area contributed by atoms with E-state index in [1.165, 1.54) is 4.57 Å². The van der Waals surface area contributed by atoms with Crippen LogP contribution in [-0.2, 0) is 19.2 Å². The summed E-state index contributed by atoms with van der Waals surface area (Å²) in [5, 5.41) is 0.478. The molecule has 0 aromatic carbocycles. The number of hydroxylamine groups is 2. The van der Waals surface area contributed by atoms with Crippen LogP contribution in [0, 0.1) is 0 Å². The topological polar surface area (TPSA) is 87.9 Å². The zero-order valence-electron chi connectivity index (χ0n) is 13.0. The average molecular weight is 320 g/mol. The quantitative estimate of drug-likeness (QED) is 0.563. The molecule has 1 aliphatic rings. The molecular formula is C15H18N3O5+. The van der Waals surface area contributed by atoms with E-state index in [1.54, 1.807) is 24.5 Å². The maximum atomic E-state index is 12.0. The molecule has 8 heteroatoms. The van der Waals surface area contributed by atoms with E-state index < -0.39 is 17.8 Å². The number of imide groups is 1. The summed E-state index contributed by atoms with van der Waals surface area (Å²) < 4.78 is 1.37. The third-order valence-electron chi connectivity index (χ3n) is 3.36. The third-order valence-corrected chi connectivity index (χ3v) is 3.36. The van der Waals surface area contributed by atoms with Crippen LogP contribution in [0.4, 0.5) is 5.69 Å². The van der Waals surface area contributed by atoms with Gasteiger partial charge in [-0.1, -0.05) is 0 Å². The van der Waals surface area contributed by atoms with Gasteiger partial charge >= 0.3 is 11.9 Å². The summed E-state index contributed by atoms with van der Waals surface area (Å²) in [7, 11) is 3.77. The second-order valence-corrected chi connectivity index (χ2v) is 5.30. The predicted octanol–water partition coefficient (Wildman–Crippen LogP) is 0.0677. The number of anilines is 1. The molecule has 0 unspecified atom stereocenters. The van der Waals surface area contributed by atoms with Crippen molar-refractivity contribution >= 4 is 29.4 Å². The Kier molecular flexibility index (Phi) is 5.05. The SMILES string of the molecule is CN(C)c1cc[n+](C(=O)CCC(=O)ON2C(=O)CCC2=O)cc1. The van der Waals surface area contributed by atoms with E-state index in [0.717, 1.165) is 5.69 Å². The number of amides is 2. The maximum Gasteiger partial charge on any atom is 0.392 e. The van der Waals surface area contributed by atoms with Crippen LogP contribution in [-0.4, -0.2) is 42.8 Å². The lowest BCUT2D eigenvalue weighted by Gasteiger charge is -2.11. The Morgan fingerprint density at radius 1 is 1.13 bits per heavy atom. The molecule has 0 atom stereocenters. The van der Waals surface area contributed by atoms with Crippen molar-refractivity contribution in [1.29, 1.82) is 0 Å². The summed E-state index contributed by atoms with van der Waals surface area (Å²) in [6.07, 6.45) is 3.00. The standard InChI is InChI=1S/C15H18N3O5/c1-16(2)11-7-9-17(10-8-11)12(19)5-6-15(22)23-18-13(20)3-4-14(18)21/h7-10H,3-6H2,1-2H3/q+1. The molecule has 0 bridgehead atoms. The van der Waals surface area contributed by atoms with Crippen LogP contribution in [0.15, 0.2) is 24.5 Å². The number of pyridine rings is 1. The second kappa shape index (κ2) is 6.99. The van der Waals surface area contributed by atoms with Gasteiger partial charge < -0.3 is 9.74 Å². The monoisotopic (exact) mass is 320 g/mol. The normalized spacial score (nSPS) is 14.1. The lowest BCUT2D eigenvalue weighted by Crippen LogP contribution is -2.42. The van der Waals surface area contributed by atoms with Gasteiger partial charge in [-0.25, -0.2) is 9.59 Å². The van der Waals surface area contributed by atoms with E-state index >= 15 is 0 Å². The first-order valence-electron chi connectivity index (χ1n) is 7.17. The van der Waals surface area contributed by atoms with Gasteiger partial charge in [0.05, 0.1) is 12.8 Å². The number of aromatic nitrogens is 1. The lowest BCUT2D eigenvalue weighted by atomic mass is 10.3. The average Bonchev–Trinajstić information content (AvgIpc) is 2.84. The van der Waals surface area contributed by atoms with Crippen LogP contribution in [0.2, 0.25) is 0 Å². The summed E-state index contributed by atoms with van der Waals surface area (Å²) in [5.41, 5.74) is 0.944. The van der Waals surface area contributed by atoms with Crippen molar-refractivity contribution < 1.29 is 28.6 Å². The third kappa shape index (κ3) is 4.12. The zero-order chi connectivity index (χ0) is 17.0. The number of rotatable bonds is 5. The Labute approximate surface area is 133 Å². The van der Waals surface area contributed by atoms with Crippen LogP contribution in [0.25, 0.3) is 0 Å². The van der Waals surface area contributed by atoms with Gasteiger partial charge in [-0.3, -0.25) is 9.59 Å². The number of hydrogen-bond acceptors (Lipinski definition) is 6. The van der Waals surface area contributed by atoms with Crippen molar-refractivity contribution in [1.82, 2.24) is 5.06 Å². The van der Waals surface area contributed by atoms with Crippen molar-refractivity contribution in [3.8, 4) is 0 Å². The van der Waals surface area contributed by atoms with Gasteiger partial charge in [-0.15, -0.1) is 9.63 Å². The Hall–Kier alpha value is -2.77. The summed E-state index contributed by atoms with van der Waals surface area (Å²) >= 11 is 0. The van der Waals surface area contributed by atoms with E-state index in [2.05, 4.69) is 0 Å². The molecule has 1 aromatic heterocycles. The smallest absolute Gasteiger partial charge is 0.377 e. The number of carbonyl (C=O) groups excluding carboxylic acids is 4. The van der Waals surface area contributed by atoms with Crippen molar-refractivity contribution in [2.75, 3.05) is 19.0 Å². The van der Waals surface area contributed by atoms with Gasteiger partial charge in [-0.2, -0.15) is 0 Å². The minimum atomic E-state index is -0.785. The zero-order valence-corrected chi connectivity index (χ0v) is 13.0. The predicted molar refractivity (Wildman–Crippen MR) is 78.0 cm³/mol. The molecule has 0 N–H and O–H groups in total. The summed E-state index contributed by atoms with van der Waals surface area (Å²) in [4.78, 5) is 52.9. The van der Waals surface area contributed by atoms with Gasteiger partial charge in [0.1, 0.15) is 0 Å². The molecule has 23 heavy (non-hydrogen) atoms. The molecule has 2 heterocycles. The molecule has 8 nitrogen and oxygen atoms in total. The minimum absolute atomic E-state index is 0.0408. The second-order valence-electron chi connectivity index (χ2n) is 5.30. The largest absolute Gasteiger partial charge is 0.392 e. The molecular weight excluding hydrogens is 302 g/mol. The van der Waals surface area contributed by atoms with Crippen molar-refractivity contribution in [2.45, 2.75) is 25.7 Å². The minimum Gasteiger partial charge on any atom is -0.377 e. The van der Waals surface area contributed by atoms with Crippen LogP contribution in [0.5, 0.6) is 0 Å². The molecule has 1 fully saturated rings. The molecule has 0 saturated carbocycles. The molecule has 1 aromatic rings. The molecule has 122 valence electrons. The van der Waals surface area contributed by atoms with E-state index in [4.69, 9.17) is 4.84 Å². The van der Waals surface area contributed by atoms with Gasteiger partial charge in [-0.05, 0) is 0 Å². The first kappa shape index (κ1) is 16.6. The molecule has 1 aliphatic heterocycles. The molecule has 0 aliphatic carbocycles. The highest BCUT2D eigenvalue weighted by atomic mass is 16.7. The Morgan fingerprint density at radius 3 is 2.22 bits per heavy atom. The first-order chi connectivity index (χ1) is 10.9. The van der Waals surface area contributed by atoms with Crippen LogP contribution < -0.4 is 9.47 Å². The van der Waals surface area contributed by atoms with E-state index in [9.17, 15) is 19.2 Å². The van der Waals surface area contributed by atoms with Crippen molar-refractivity contribution in [3.63, 3.8) is 0 Å². The van der Waals surface area contributed by atoms with E-state index in [1.807, 2.05) is 19.0 Å². The molecule has 2 amide bonds. The Bertz CT molecular complexity index is 623. The van der Waals surface area contributed by atoms with Gasteiger partial charge in [0.25, 0.3) is 11.8 Å². The Balaban J connectivity index is 1.85. The fraction of sp³-hybridized carbons (Fsp3) is 0.400. The van der Waals surface area contributed by atoms with Crippen molar-refractivity contribution in [2.24, 2.45) is 0 Å². The van der Waals surface area contributed by atoms with Gasteiger partial charge in [0.2, 0.25) is 0 Å². The number of carbonyl (C=O) groups is 4. The highest BCUT2D eigenvalue weighted by Gasteiger charge is 2.33.